The normalized spacial score (nSPS) is 42.5. The summed E-state index contributed by atoms with van der Waals surface area (Å²) in [6, 6.07) is 0. The van der Waals surface area contributed by atoms with Crippen LogP contribution < -0.4 is 0 Å². The molecule has 2 aliphatic heterocycles. The minimum Gasteiger partial charge on any atom is -0.459 e. The minimum absolute atomic E-state index is 0.000534. The number of carbonyl (C=O) groups excluding carboxylic acids is 1. The van der Waals surface area contributed by atoms with Crippen molar-refractivity contribution in [1.82, 2.24) is 4.90 Å². The van der Waals surface area contributed by atoms with Crippen LogP contribution in [0.4, 0.5) is 0 Å². The highest BCUT2D eigenvalue weighted by atomic mass is 16.6. The molecular formula is C19H31NO3. The largest absolute Gasteiger partial charge is 0.459 e. The smallest absolute Gasteiger partial charge is 0.311 e. The first kappa shape index (κ1) is 17.0. The van der Waals surface area contributed by atoms with Gasteiger partial charge in [-0.3, -0.25) is 4.79 Å². The molecule has 3 aliphatic rings. The summed E-state index contributed by atoms with van der Waals surface area (Å²) in [5, 5.41) is 0. The Hall–Kier alpha value is -0.870. The summed E-state index contributed by atoms with van der Waals surface area (Å²) < 4.78 is 11.9. The van der Waals surface area contributed by atoms with E-state index in [9.17, 15) is 4.79 Å². The van der Waals surface area contributed by atoms with E-state index in [1.165, 1.54) is 5.57 Å². The first-order chi connectivity index (χ1) is 11.0. The summed E-state index contributed by atoms with van der Waals surface area (Å²) in [6.45, 7) is 11.5. The van der Waals surface area contributed by atoms with E-state index < -0.39 is 0 Å². The number of epoxide rings is 1. The van der Waals surface area contributed by atoms with Gasteiger partial charge in [-0.2, -0.15) is 0 Å². The zero-order chi connectivity index (χ0) is 16.6. The number of nitrogens with zero attached hydrogens (tertiary/aromatic N) is 1. The highest BCUT2D eigenvalue weighted by molar-refractivity contribution is 5.75. The second kappa shape index (κ2) is 6.56. The summed E-state index contributed by atoms with van der Waals surface area (Å²) in [7, 11) is 0. The molecule has 0 saturated carbocycles. The van der Waals surface area contributed by atoms with Crippen LogP contribution in [-0.2, 0) is 14.3 Å². The van der Waals surface area contributed by atoms with Crippen molar-refractivity contribution >= 4 is 5.97 Å². The van der Waals surface area contributed by atoms with Gasteiger partial charge in [0, 0.05) is 12.5 Å². The number of hydrogen-bond acceptors (Lipinski definition) is 4. The van der Waals surface area contributed by atoms with Gasteiger partial charge < -0.3 is 14.4 Å². The Balaban J connectivity index is 1.80. The third-order valence-corrected chi connectivity index (χ3v) is 6.09. The Kier molecular flexibility index (Phi) is 4.84. The van der Waals surface area contributed by atoms with Crippen molar-refractivity contribution in [1.29, 1.82) is 0 Å². The fraction of sp³-hybridized carbons (Fsp3) is 0.842. The van der Waals surface area contributed by atoms with Crippen molar-refractivity contribution in [2.45, 2.75) is 71.2 Å². The molecule has 1 aliphatic carbocycles. The molecule has 4 nitrogen and oxygen atoms in total. The molecule has 4 heteroatoms. The van der Waals surface area contributed by atoms with Crippen LogP contribution in [-0.4, -0.2) is 48.3 Å². The van der Waals surface area contributed by atoms with Crippen molar-refractivity contribution in [3.63, 3.8) is 0 Å². The average Bonchev–Trinajstić information content (AvgIpc) is 3.09. The molecule has 0 radical (unpaired) electrons. The molecule has 2 heterocycles. The van der Waals surface area contributed by atoms with Crippen LogP contribution >= 0.6 is 0 Å². The van der Waals surface area contributed by atoms with E-state index in [4.69, 9.17) is 9.47 Å². The summed E-state index contributed by atoms with van der Waals surface area (Å²) in [5.74, 6) is 0.280. The van der Waals surface area contributed by atoms with Crippen molar-refractivity contribution in [3.05, 3.63) is 11.6 Å². The zero-order valence-electron chi connectivity index (χ0n) is 15.0. The molecule has 130 valence electrons. The van der Waals surface area contributed by atoms with E-state index in [1.54, 1.807) is 0 Å². The van der Waals surface area contributed by atoms with Crippen LogP contribution in [0.25, 0.3) is 0 Å². The standard InChI is InChI=1S/C19H31NO3/c1-5-20(6-2)12-15-14-10-9-13(3)8-7-11-19(4)17(23-19)16(14)22-18(15)21/h8,14-17H,5-7,9-12H2,1-4H3/b13-8+/t14-,15-,16-,17+,19+/m0/s1. The molecule has 2 saturated heterocycles. The van der Waals surface area contributed by atoms with Crippen LogP contribution in [0.2, 0.25) is 0 Å². The Morgan fingerprint density at radius 3 is 2.78 bits per heavy atom. The van der Waals surface area contributed by atoms with Crippen LogP contribution in [0, 0.1) is 11.8 Å². The number of rotatable bonds is 4. The minimum atomic E-state index is -0.0958. The average molecular weight is 321 g/mol. The van der Waals surface area contributed by atoms with E-state index in [1.807, 2.05) is 0 Å². The fourth-order valence-electron chi connectivity index (χ4n) is 4.31. The third-order valence-electron chi connectivity index (χ3n) is 6.09. The number of esters is 1. The van der Waals surface area contributed by atoms with Crippen molar-refractivity contribution in [2.24, 2.45) is 11.8 Å². The van der Waals surface area contributed by atoms with Crippen molar-refractivity contribution < 1.29 is 14.3 Å². The molecule has 0 spiro atoms. The molecule has 2 fully saturated rings. The van der Waals surface area contributed by atoms with Gasteiger partial charge in [0.1, 0.15) is 12.2 Å². The van der Waals surface area contributed by atoms with Crippen LogP contribution in [0.15, 0.2) is 11.6 Å². The van der Waals surface area contributed by atoms with Gasteiger partial charge in [-0.25, -0.2) is 0 Å². The summed E-state index contributed by atoms with van der Waals surface area (Å²) in [4.78, 5) is 14.9. The van der Waals surface area contributed by atoms with Crippen LogP contribution in [0.3, 0.4) is 0 Å². The molecular weight excluding hydrogens is 290 g/mol. The predicted octanol–water partition coefficient (Wildman–Crippen LogP) is 3.16. The molecule has 0 N–H and O–H groups in total. The van der Waals surface area contributed by atoms with E-state index in [0.717, 1.165) is 45.3 Å². The first-order valence-corrected chi connectivity index (χ1v) is 9.24. The highest BCUT2D eigenvalue weighted by Gasteiger charge is 2.62. The summed E-state index contributed by atoms with van der Waals surface area (Å²) >= 11 is 0. The highest BCUT2D eigenvalue weighted by Crippen LogP contribution is 2.50. The Labute approximate surface area is 140 Å². The molecule has 0 aromatic carbocycles. The number of carbonyl (C=O) groups is 1. The van der Waals surface area contributed by atoms with Gasteiger partial charge in [0.25, 0.3) is 0 Å². The van der Waals surface area contributed by atoms with Crippen molar-refractivity contribution in [3.8, 4) is 0 Å². The third kappa shape index (κ3) is 3.34. The number of allylic oxidation sites excluding steroid dienone is 2. The van der Waals surface area contributed by atoms with Crippen LogP contribution in [0.1, 0.15) is 53.4 Å². The Morgan fingerprint density at radius 1 is 1.35 bits per heavy atom. The van der Waals surface area contributed by atoms with E-state index in [-0.39, 0.29) is 35.6 Å². The number of hydrogen-bond donors (Lipinski definition) is 0. The lowest BCUT2D eigenvalue weighted by Crippen LogP contribution is -2.36. The van der Waals surface area contributed by atoms with Gasteiger partial charge in [0.05, 0.1) is 11.5 Å². The molecule has 23 heavy (non-hydrogen) atoms. The zero-order valence-corrected chi connectivity index (χ0v) is 15.0. The Morgan fingerprint density at radius 2 is 2.09 bits per heavy atom. The van der Waals surface area contributed by atoms with Crippen LogP contribution in [0.5, 0.6) is 0 Å². The lowest BCUT2D eigenvalue weighted by atomic mass is 9.80. The van der Waals surface area contributed by atoms with E-state index >= 15 is 0 Å². The summed E-state index contributed by atoms with van der Waals surface area (Å²) in [6.07, 6.45) is 6.59. The lowest BCUT2D eigenvalue weighted by molar-refractivity contribution is -0.145. The molecule has 0 unspecified atom stereocenters. The second-order valence-corrected chi connectivity index (χ2v) is 7.64. The van der Waals surface area contributed by atoms with Gasteiger partial charge in [0.15, 0.2) is 0 Å². The predicted molar refractivity (Wildman–Crippen MR) is 90.2 cm³/mol. The fourth-order valence-corrected chi connectivity index (χ4v) is 4.31. The molecule has 0 bridgehead atoms. The van der Waals surface area contributed by atoms with E-state index in [2.05, 4.69) is 38.7 Å². The maximum atomic E-state index is 12.5. The molecule has 0 aromatic rings. The molecule has 0 amide bonds. The quantitative estimate of drug-likeness (QED) is 0.453. The van der Waals surface area contributed by atoms with E-state index in [0.29, 0.717) is 0 Å². The monoisotopic (exact) mass is 321 g/mol. The maximum Gasteiger partial charge on any atom is 0.311 e. The topological polar surface area (TPSA) is 42.1 Å². The summed E-state index contributed by atoms with van der Waals surface area (Å²) in [5.41, 5.74) is 1.34. The first-order valence-electron chi connectivity index (χ1n) is 9.24. The number of ether oxygens (including phenoxy) is 2. The lowest BCUT2D eigenvalue weighted by Gasteiger charge is -2.26. The molecule has 5 atom stereocenters. The second-order valence-electron chi connectivity index (χ2n) is 7.64. The van der Waals surface area contributed by atoms with Gasteiger partial charge >= 0.3 is 5.97 Å². The van der Waals surface area contributed by atoms with Gasteiger partial charge in [0.2, 0.25) is 0 Å². The van der Waals surface area contributed by atoms with Crippen molar-refractivity contribution in [2.75, 3.05) is 19.6 Å². The maximum absolute atomic E-state index is 12.5. The number of fused-ring (bicyclic) bond motifs is 3. The Bertz CT molecular complexity index is 485. The molecule has 0 aromatic heterocycles. The van der Waals surface area contributed by atoms with Gasteiger partial charge in [-0.1, -0.05) is 25.5 Å². The molecule has 3 rings (SSSR count). The van der Waals surface area contributed by atoms with Gasteiger partial charge in [-0.15, -0.1) is 0 Å². The SMILES string of the molecule is CCN(CC)C[C@@H]1C(=O)O[C@H]2[C@H]1CC/C(C)=C/CC[C@@]1(C)O[C@H]21. The van der Waals surface area contributed by atoms with Gasteiger partial charge in [-0.05, 0) is 52.6 Å².